The first-order chi connectivity index (χ1) is 8.61. The molecule has 0 aliphatic carbocycles. The number of aliphatic carboxylic acids is 1. The highest BCUT2D eigenvalue weighted by Gasteiger charge is 2.09. The van der Waals surface area contributed by atoms with Crippen LogP contribution in [0, 0.1) is 0 Å². The Balaban J connectivity index is 0.000000327. The van der Waals surface area contributed by atoms with Gasteiger partial charge in [-0.05, 0) is 24.9 Å². The molecule has 0 aliphatic rings. The van der Waals surface area contributed by atoms with Gasteiger partial charge in [-0.1, -0.05) is 36.8 Å². The average Bonchev–Trinajstić information content (AvgIpc) is 2.40. The summed E-state index contributed by atoms with van der Waals surface area (Å²) in [5.74, 6) is -0.933. The fraction of sp³-hybridized carbons (Fsp3) is 0.462. The highest BCUT2D eigenvalue weighted by atomic mass is 16.4. The fourth-order valence-corrected chi connectivity index (χ4v) is 1.25. The molecule has 0 spiro atoms. The summed E-state index contributed by atoms with van der Waals surface area (Å²) >= 11 is 0. The Labute approximate surface area is 108 Å². The Morgan fingerprint density at radius 2 is 1.78 bits per heavy atom. The molecule has 5 nitrogen and oxygen atoms in total. The zero-order chi connectivity index (χ0) is 13.8. The van der Waals surface area contributed by atoms with Gasteiger partial charge in [0.2, 0.25) is 0 Å². The summed E-state index contributed by atoms with van der Waals surface area (Å²) in [6, 6.07) is 9.27. The van der Waals surface area contributed by atoms with Gasteiger partial charge in [0.15, 0.2) is 0 Å². The second kappa shape index (κ2) is 10.7. The van der Waals surface area contributed by atoms with E-state index in [1.807, 2.05) is 30.3 Å². The lowest BCUT2D eigenvalue weighted by Gasteiger charge is -2.03. The maximum atomic E-state index is 10.1. The average molecular weight is 253 g/mol. The largest absolute Gasteiger partial charge is 0.480 e. The molecule has 1 rings (SSSR count). The molecule has 0 bridgehead atoms. The van der Waals surface area contributed by atoms with Gasteiger partial charge in [-0.2, -0.15) is 0 Å². The van der Waals surface area contributed by atoms with Crippen molar-refractivity contribution in [2.75, 3.05) is 6.54 Å². The molecule has 5 heteroatoms. The van der Waals surface area contributed by atoms with Gasteiger partial charge in [0.25, 0.3) is 0 Å². The van der Waals surface area contributed by atoms with Gasteiger partial charge in [0.05, 0.1) is 0 Å². The van der Waals surface area contributed by atoms with E-state index in [0.29, 0.717) is 19.5 Å². The number of benzene rings is 1. The second-order valence-corrected chi connectivity index (χ2v) is 3.92. The highest BCUT2D eigenvalue weighted by Crippen LogP contribution is 1.97. The molecule has 1 unspecified atom stereocenters. The van der Waals surface area contributed by atoms with E-state index in [1.54, 1.807) is 0 Å². The monoisotopic (exact) mass is 253 g/mol. The third-order valence-electron chi connectivity index (χ3n) is 2.36. The topological polar surface area (TPSA) is 115 Å². The van der Waals surface area contributed by atoms with Crippen LogP contribution in [-0.4, -0.2) is 23.7 Å². The summed E-state index contributed by atoms with van der Waals surface area (Å²) in [4.78, 5) is 10.1. The van der Waals surface area contributed by atoms with Crippen LogP contribution in [0.2, 0.25) is 0 Å². The predicted octanol–water partition coefficient (Wildman–Crippen LogP) is 0.673. The summed E-state index contributed by atoms with van der Waals surface area (Å²) in [6.07, 6.45) is 2.16. The lowest BCUT2D eigenvalue weighted by atomic mass is 10.1. The Bertz CT molecular complexity index is 317. The number of unbranched alkanes of at least 4 members (excludes halogenated alkanes) is 1. The minimum Gasteiger partial charge on any atom is -0.480 e. The van der Waals surface area contributed by atoms with Crippen LogP contribution in [0.3, 0.4) is 0 Å². The summed E-state index contributed by atoms with van der Waals surface area (Å²) in [5, 5.41) is 8.33. The van der Waals surface area contributed by atoms with Crippen molar-refractivity contribution in [1.29, 1.82) is 0 Å². The fourth-order valence-electron chi connectivity index (χ4n) is 1.25. The number of carboxylic acids is 1. The van der Waals surface area contributed by atoms with Crippen molar-refractivity contribution in [3.8, 4) is 0 Å². The van der Waals surface area contributed by atoms with Crippen LogP contribution in [0.5, 0.6) is 0 Å². The molecule has 1 aromatic carbocycles. The normalized spacial score (nSPS) is 11.3. The van der Waals surface area contributed by atoms with Gasteiger partial charge in [0, 0.05) is 6.54 Å². The molecule has 0 radical (unpaired) electrons. The van der Waals surface area contributed by atoms with E-state index in [2.05, 4.69) is 0 Å². The standard InChI is InChI=1S/C7H9N.C6H14N2O2/c8-6-7-4-2-1-3-5-7;7-4-2-1-3-5(8)6(9)10/h1-5H,6,8H2;5H,1-4,7-8H2,(H,9,10). The lowest BCUT2D eigenvalue weighted by Crippen LogP contribution is -2.29. The second-order valence-electron chi connectivity index (χ2n) is 3.92. The molecule has 0 heterocycles. The number of carboxylic acid groups (broad SMARTS) is 1. The van der Waals surface area contributed by atoms with Crippen LogP contribution in [0.15, 0.2) is 30.3 Å². The van der Waals surface area contributed by atoms with E-state index in [9.17, 15) is 4.79 Å². The molecule has 1 atom stereocenters. The van der Waals surface area contributed by atoms with Crippen molar-refractivity contribution in [3.05, 3.63) is 35.9 Å². The first-order valence-electron chi connectivity index (χ1n) is 6.04. The lowest BCUT2D eigenvalue weighted by molar-refractivity contribution is -0.138. The minimum atomic E-state index is -0.933. The van der Waals surface area contributed by atoms with Crippen molar-refractivity contribution in [1.82, 2.24) is 0 Å². The van der Waals surface area contributed by atoms with Gasteiger partial charge in [-0.25, -0.2) is 0 Å². The van der Waals surface area contributed by atoms with E-state index in [-0.39, 0.29) is 0 Å². The van der Waals surface area contributed by atoms with E-state index >= 15 is 0 Å². The third-order valence-corrected chi connectivity index (χ3v) is 2.36. The molecular formula is C13H23N3O2. The number of rotatable bonds is 6. The summed E-state index contributed by atoms with van der Waals surface area (Å²) in [7, 11) is 0. The Hall–Kier alpha value is -1.43. The van der Waals surface area contributed by atoms with Crippen LogP contribution >= 0.6 is 0 Å². The molecule has 18 heavy (non-hydrogen) atoms. The van der Waals surface area contributed by atoms with E-state index < -0.39 is 12.0 Å². The summed E-state index contributed by atoms with van der Waals surface area (Å²) in [5.41, 5.74) is 17.0. The van der Waals surface area contributed by atoms with Gasteiger partial charge in [-0.15, -0.1) is 0 Å². The van der Waals surface area contributed by atoms with Crippen LogP contribution in [0.25, 0.3) is 0 Å². The minimum absolute atomic E-state index is 0.520. The van der Waals surface area contributed by atoms with Gasteiger partial charge >= 0.3 is 5.97 Å². The molecule has 0 saturated heterocycles. The summed E-state index contributed by atoms with van der Waals surface area (Å²) < 4.78 is 0. The van der Waals surface area contributed by atoms with Crippen molar-refractivity contribution >= 4 is 5.97 Å². The molecule has 7 N–H and O–H groups in total. The van der Waals surface area contributed by atoms with Crippen LogP contribution in [-0.2, 0) is 11.3 Å². The van der Waals surface area contributed by atoms with E-state index in [4.69, 9.17) is 22.3 Å². The zero-order valence-corrected chi connectivity index (χ0v) is 10.6. The SMILES string of the molecule is NCCCCC(N)C(=O)O.NCc1ccccc1. The van der Waals surface area contributed by atoms with Crippen LogP contribution < -0.4 is 17.2 Å². The maximum Gasteiger partial charge on any atom is 0.320 e. The Morgan fingerprint density at radius 1 is 1.17 bits per heavy atom. The van der Waals surface area contributed by atoms with Gasteiger partial charge in [0.1, 0.15) is 6.04 Å². The molecular weight excluding hydrogens is 230 g/mol. The Morgan fingerprint density at radius 3 is 2.17 bits per heavy atom. The first-order valence-corrected chi connectivity index (χ1v) is 6.04. The quantitative estimate of drug-likeness (QED) is 0.556. The molecule has 0 fully saturated rings. The molecule has 1 aromatic rings. The predicted molar refractivity (Wildman–Crippen MR) is 72.9 cm³/mol. The van der Waals surface area contributed by atoms with E-state index in [1.165, 1.54) is 5.56 Å². The molecule has 0 aromatic heterocycles. The van der Waals surface area contributed by atoms with Crippen molar-refractivity contribution in [3.63, 3.8) is 0 Å². The number of carbonyl (C=O) groups is 1. The van der Waals surface area contributed by atoms with Crippen molar-refractivity contribution < 1.29 is 9.90 Å². The maximum absolute atomic E-state index is 10.1. The number of hydrogen-bond acceptors (Lipinski definition) is 4. The zero-order valence-electron chi connectivity index (χ0n) is 10.6. The third kappa shape index (κ3) is 8.69. The molecule has 0 amide bonds. The summed E-state index contributed by atoms with van der Waals surface area (Å²) in [6.45, 7) is 1.24. The van der Waals surface area contributed by atoms with Crippen LogP contribution in [0.4, 0.5) is 0 Å². The molecule has 0 saturated carbocycles. The first kappa shape index (κ1) is 16.6. The van der Waals surface area contributed by atoms with Gasteiger partial charge < -0.3 is 22.3 Å². The van der Waals surface area contributed by atoms with Crippen molar-refractivity contribution in [2.24, 2.45) is 17.2 Å². The van der Waals surface area contributed by atoms with E-state index in [0.717, 1.165) is 12.8 Å². The number of hydrogen-bond donors (Lipinski definition) is 4. The molecule has 0 aliphatic heterocycles. The number of nitrogens with two attached hydrogens (primary N) is 3. The van der Waals surface area contributed by atoms with Gasteiger partial charge in [-0.3, -0.25) is 4.79 Å². The highest BCUT2D eigenvalue weighted by molar-refractivity contribution is 5.72. The Kier molecular flexibility index (Phi) is 9.86. The molecule has 102 valence electrons. The van der Waals surface area contributed by atoms with Crippen molar-refractivity contribution in [2.45, 2.75) is 31.8 Å². The smallest absolute Gasteiger partial charge is 0.320 e. The van der Waals surface area contributed by atoms with Crippen LogP contribution in [0.1, 0.15) is 24.8 Å².